The van der Waals surface area contributed by atoms with E-state index in [2.05, 4.69) is 24.5 Å². The highest BCUT2D eigenvalue weighted by atomic mass is 16.7. The monoisotopic (exact) mass is 679 g/mol. The maximum atomic E-state index is 14.0. The molecule has 0 spiro atoms. The second-order valence-corrected chi connectivity index (χ2v) is 16.2. The standard InChI is InChI=1S/C40H74N2O6/c1-7-9-11-13-15-17-19-21-25-31(26-22-20-18-16-14-12-10-8-2)37(45)41-33-28-24-23-27-32(33)34(29-35(43)44)42-38(46)36-39(3,4)30-47-40(5,6)48-36/h31-34,36H,7-30H2,1-6H3,(H,41,45)(H,42,46)(H,43,44). The zero-order chi connectivity index (χ0) is 35.4. The van der Waals surface area contributed by atoms with E-state index in [-0.39, 0.29) is 36.1 Å². The fourth-order valence-corrected chi connectivity index (χ4v) is 7.65. The summed E-state index contributed by atoms with van der Waals surface area (Å²) in [7, 11) is 0. The van der Waals surface area contributed by atoms with E-state index in [1.165, 1.54) is 89.9 Å². The van der Waals surface area contributed by atoms with Gasteiger partial charge >= 0.3 is 5.97 Å². The summed E-state index contributed by atoms with van der Waals surface area (Å²) >= 11 is 0. The highest BCUT2D eigenvalue weighted by molar-refractivity contribution is 5.83. The van der Waals surface area contributed by atoms with Crippen molar-refractivity contribution < 1.29 is 29.0 Å². The molecule has 0 bridgehead atoms. The Labute approximate surface area is 294 Å². The quantitative estimate of drug-likeness (QED) is 0.0829. The number of hydrogen-bond donors (Lipinski definition) is 3. The zero-order valence-corrected chi connectivity index (χ0v) is 31.8. The van der Waals surface area contributed by atoms with E-state index in [1.807, 2.05) is 13.8 Å². The normalized spacial score (nSPS) is 22.7. The van der Waals surface area contributed by atoms with Crippen LogP contribution in [0.15, 0.2) is 0 Å². The highest BCUT2D eigenvalue weighted by Crippen LogP contribution is 2.36. The first kappa shape index (κ1) is 42.5. The van der Waals surface area contributed by atoms with Crippen LogP contribution in [-0.2, 0) is 23.9 Å². The molecule has 3 N–H and O–H groups in total. The largest absolute Gasteiger partial charge is 0.481 e. The first-order chi connectivity index (χ1) is 22.9. The predicted octanol–water partition coefficient (Wildman–Crippen LogP) is 9.48. The van der Waals surface area contributed by atoms with Crippen LogP contribution < -0.4 is 10.6 Å². The lowest BCUT2D eigenvalue weighted by molar-refractivity contribution is -0.304. The lowest BCUT2D eigenvalue weighted by Gasteiger charge is -2.45. The number of aliphatic carboxylic acids is 1. The summed E-state index contributed by atoms with van der Waals surface area (Å²) in [6, 6.07) is -0.750. The molecule has 8 heteroatoms. The molecule has 280 valence electrons. The average molecular weight is 679 g/mol. The molecule has 0 aromatic heterocycles. The minimum atomic E-state index is -0.953. The van der Waals surface area contributed by atoms with Gasteiger partial charge in [-0.1, -0.05) is 143 Å². The molecule has 48 heavy (non-hydrogen) atoms. The van der Waals surface area contributed by atoms with Gasteiger partial charge in [-0.05, 0) is 45.4 Å². The van der Waals surface area contributed by atoms with Crippen LogP contribution in [0.3, 0.4) is 0 Å². The number of carbonyl (C=O) groups is 3. The van der Waals surface area contributed by atoms with E-state index in [4.69, 9.17) is 9.47 Å². The van der Waals surface area contributed by atoms with Gasteiger partial charge in [-0.2, -0.15) is 0 Å². The van der Waals surface area contributed by atoms with E-state index in [0.717, 1.165) is 51.4 Å². The summed E-state index contributed by atoms with van der Waals surface area (Å²) in [5.74, 6) is -2.20. The maximum absolute atomic E-state index is 14.0. The number of nitrogens with one attached hydrogen (secondary N) is 2. The third-order valence-electron chi connectivity index (χ3n) is 10.7. The number of rotatable bonds is 25. The SMILES string of the molecule is CCCCCCCCCCC(CCCCCCCCCC)C(=O)NC1CCCCC1C(CC(=O)O)NC(=O)C1OC(C)(C)OCC1(C)C. The van der Waals surface area contributed by atoms with Crippen LogP contribution in [-0.4, -0.2) is 53.5 Å². The van der Waals surface area contributed by atoms with Gasteiger partial charge in [0.05, 0.1) is 13.0 Å². The number of hydrogen-bond acceptors (Lipinski definition) is 5. The summed E-state index contributed by atoms with van der Waals surface area (Å²) in [6.07, 6.45) is 24.4. The molecule has 1 aliphatic heterocycles. The smallest absolute Gasteiger partial charge is 0.305 e. The van der Waals surface area contributed by atoms with Crippen LogP contribution in [0, 0.1) is 17.3 Å². The Morgan fingerprint density at radius 2 is 1.25 bits per heavy atom. The van der Waals surface area contributed by atoms with E-state index < -0.39 is 29.3 Å². The fourth-order valence-electron chi connectivity index (χ4n) is 7.65. The Morgan fingerprint density at radius 1 is 0.750 bits per heavy atom. The average Bonchev–Trinajstić information content (AvgIpc) is 3.03. The Morgan fingerprint density at radius 3 is 1.77 bits per heavy atom. The number of ether oxygens (including phenoxy) is 2. The van der Waals surface area contributed by atoms with Gasteiger partial charge in [0, 0.05) is 23.4 Å². The fraction of sp³-hybridized carbons (Fsp3) is 0.925. The van der Waals surface area contributed by atoms with Crippen molar-refractivity contribution in [2.45, 2.75) is 213 Å². The van der Waals surface area contributed by atoms with Crippen LogP contribution in [0.25, 0.3) is 0 Å². The first-order valence-electron chi connectivity index (χ1n) is 20.0. The van der Waals surface area contributed by atoms with E-state index in [9.17, 15) is 19.5 Å². The molecule has 0 radical (unpaired) electrons. The van der Waals surface area contributed by atoms with Crippen LogP contribution in [0.1, 0.15) is 189 Å². The van der Waals surface area contributed by atoms with Crippen molar-refractivity contribution >= 4 is 17.8 Å². The Balaban J connectivity index is 2.06. The Bertz CT molecular complexity index is 901. The van der Waals surface area contributed by atoms with Gasteiger partial charge in [0.25, 0.3) is 0 Å². The summed E-state index contributed by atoms with van der Waals surface area (Å²) in [6.45, 7) is 12.3. The van der Waals surface area contributed by atoms with Gasteiger partial charge in [0.1, 0.15) is 6.10 Å². The van der Waals surface area contributed by atoms with Crippen molar-refractivity contribution in [1.82, 2.24) is 10.6 Å². The molecule has 8 nitrogen and oxygen atoms in total. The molecule has 1 aliphatic carbocycles. The summed E-state index contributed by atoms with van der Waals surface area (Å²) in [5, 5.41) is 16.4. The topological polar surface area (TPSA) is 114 Å². The third-order valence-corrected chi connectivity index (χ3v) is 10.7. The van der Waals surface area contributed by atoms with E-state index >= 15 is 0 Å². The van der Waals surface area contributed by atoms with Crippen molar-refractivity contribution in [1.29, 1.82) is 0 Å². The van der Waals surface area contributed by atoms with Crippen molar-refractivity contribution in [3.63, 3.8) is 0 Å². The van der Waals surface area contributed by atoms with Crippen LogP contribution >= 0.6 is 0 Å². The van der Waals surface area contributed by atoms with Gasteiger partial charge in [0.15, 0.2) is 5.79 Å². The van der Waals surface area contributed by atoms with Crippen LogP contribution in [0.2, 0.25) is 0 Å². The molecule has 0 aromatic rings. The van der Waals surface area contributed by atoms with Gasteiger partial charge in [-0.15, -0.1) is 0 Å². The molecule has 4 unspecified atom stereocenters. The molecule has 4 atom stereocenters. The molecule has 2 rings (SSSR count). The minimum Gasteiger partial charge on any atom is -0.481 e. The highest BCUT2D eigenvalue weighted by Gasteiger charge is 2.47. The predicted molar refractivity (Wildman–Crippen MR) is 195 cm³/mol. The van der Waals surface area contributed by atoms with Gasteiger partial charge < -0.3 is 25.2 Å². The number of carboxylic acids is 1. The number of carboxylic acid groups (broad SMARTS) is 1. The van der Waals surface area contributed by atoms with E-state index in [0.29, 0.717) is 6.61 Å². The van der Waals surface area contributed by atoms with Gasteiger partial charge in [0.2, 0.25) is 11.8 Å². The summed E-state index contributed by atoms with van der Waals surface area (Å²) in [4.78, 5) is 39.7. The Kier molecular flexibility index (Phi) is 20.3. The molecule has 0 aromatic carbocycles. The second-order valence-electron chi connectivity index (χ2n) is 16.2. The van der Waals surface area contributed by atoms with Crippen molar-refractivity contribution in [3.8, 4) is 0 Å². The number of unbranched alkanes of at least 4 members (excludes halogenated alkanes) is 14. The Hall–Kier alpha value is -1.67. The minimum absolute atomic E-state index is 0.0149. The molecule has 1 saturated heterocycles. The first-order valence-corrected chi connectivity index (χ1v) is 20.0. The van der Waals surface area contributed by atoms with Gasteiger partial charge in [-0.25, -0.2) is 0 Å². The van der Waals surface area contributed by atoms with Gasteiger partial charge in [-0.3, -0.25) is 14.4 Å². The second kappa shape index (κ2) is 22.9. The zero-order valence-electron chi connectivity index (χ0n) is 31.8. The van der Waals surface area contributed by atoms with Crippen molar-refractivity contribution in [3.05, 3.63) is 0 Å². The molecule has 2 fully saturated rings. The lowest BCUT2D eigenvalue weighted by Crippen LogP contribution is -2.60. The third kappa shape index (κ3) is 16.4. The van der Waals surface area contributed by atoms with E-state index in [1.54, 1.807) is 13.8 Å². The molecule has 2 aliphatic rings. The number of amides is 2. The molecule has 1 heterocycles. The van der Waals surface area contributed by atoms with Crippen molar-refractivity contribution in [2.75, 3.05) is 6.61 Å². The summed E-state index contributed by atoms with van der Waals surface area (Å²) < 4.78 is 11.9. The van der Waals surface area contributed by atoms with Crippen LogP contribution in [0.5, 0.6) is 0 Å². The maximum Gasteiger partial charge on any atom is 0.305 e. The molecular formula is C40H74N2O6. The number of carbonyl (C=O) groups excluding carboxylic acids is 2. The molecular weight excluding hydrogens is 604 g/mol. The van der Waals surface area contributed by atoms with Crippen LogP contribution in [0.4, 0.5) is 0 Å². The summed E-state index contributed by atoms with van der Waals surface area (Å²) in [5.41, 5.74) is -0.564. The van der Waals surface area contributed by atoms with Crippen molar-refractivity contribution in [2.24, 2.45) is 17.3 Å². The molecule has 2 amide bonds. The molecule has 1 saturated carbocycles. The lowest BCUT2D eigenvalue weighted by atomic mass is 9.77.